The molecule has 0 bridgehead atoms. The number of hydrogen-bond acceptors (Lipinski definition) is 7. The van der Waals surface area contributed by atoms with Gasteiger partial charge in [-0.25, -0.2) is 13.9 Å². The van der Waals surface area contributed by atoms with Crippen LogP contribution in [0.5, 0.6) is 5.75 Å². The average molecular weight is 488 g/mol. The second-order valence-electron chi connectivity index (χ2n) is 9.20. The summed E-state index contributed by atoms with van der Waals surface area (Å²) in [5.74, 6) is 0.989. The molecule has 3 atom stereocenters. The number of nitrogens with zero attached hydrogens (tertiary/aromatic N) is 5. The van der Waals surface area contributed by atoms with Crippen molar-refractivity contribution in [2.45, 2.75) is 44.1 Å². The van der Waals surface area contributed by atoms with Gasteiger partial charge >= 0.3 is 0 Å². The normalized spacial score (nSPS) is 20.1. The fourth-order valence-electron chi connectivity index (χ4n) is 4.77. The van der Waals surface area contributed by atoms with Crippen LogP contribution in [0.25, 0.3) is 16.4 Å². The van der Waals surface area contributed by atoms with Crippen LogP contribution in [0, 0.1) is 5.82 Å². The number of benzene rings is 2. The first-order valence-electron chi connectivity index (χ1n) is 11.9. The number of ether oxygens (including phenoxy) is 1. The molecule has 1 fully saturated rings. The summed E-state index contributed by atoms with van der Waals surface area (Å²) in [6.45, 7) is 0.478. The lowest BCUT2D eigenvalue weighted by atomic mass is 9.91. The summed E-state index contributed by atoms with van der Waals surface area (Å²) in [4.78, 5) is 4.46. The summed E-state index contributed by atoms with van der Waals surface area (Å²) in [5.41, 5.74) is 9.27. The van der Waals surface area contributed by atoms with Gasteiger partial charge in [0.05, 0.1) is 24.4 Å². The topological polar surface area (TPSA) is 116 Å². The third-order valence-electron chi connectivity index (χ3n) is 6.66. The number of rotatable bonds is 6. The fourth-order valence-corrected chi connectivity index (χ4v) is 4.77. The molecule has 184 valence electrons. The van der Waals surface area contributed by atoms with Crippen LogP contribution in [0.3, 0.4) is 0 Å². The standard InChI is InChI=1S/C26H26FN7O2/c27-18-3-1-2-16(10-18)14-34-22-7-4-19(11-17(22)13-30-34)32-26-25-24(8-9-33(25)31-15-29-26)36-20-5-6-21(28)23(35)12-20/h1-4,7-11,13,15,20-21,23,35H,5-6,12,14,28H2,(H,29,31,32). The summed E-state index contributed by atoms with van der Waals surface area (Å²) in [6.07, 6.45) is 6.39. The van der Waals surface area contributed by atoms with Crippen molar-refractivity contribution < 1.29 is 14.2 Å². The molecule has 36 heavy (non-hydrogen) atoms. The molecule has 3 aromatic heterocycles. The minimum absolute atomic E-state index is 0.126. The van der Waals surface area contributed by atoms with Crippen molar-refractivity contribution in [1.29, 1.82) is 0 Å². The predicted molar refractivity (Wildman–Crippen MR) is 134 cm³/mol. The molecular weight excluding hydrogens is 461 g/mol. The minimum atomic E-state index is -0.569. The maximum absolute atomic E-state index is 13.6. The van der Waals surface area contributed by atoms with Crippen LogP contribution < -0.4 is 15.8 Å². The number of anilines is 2. The van der Waals surface area contributed by atoms with E-state index in [-0.39, 0.29) is 18.0 Å². The molecule has 0 amide bonds. The van der Waals surface area contributed by atoms with E-state index >= 15 is 0 Å². The molecule has 0 radical (unpaired) electrons. The molecule has 0 aliphatic heterocycles. The van der Waals surface area contributed by atoms with Crippen molar-refractivity contribution in [2.75, 3.05) is 5.32 Å². The van der Waals surface area contributed by atoms with E-state index < -0.39 is 6.10 Å². The van der Waals surface area contributed by atoms with Gasteiger partial charge < -0.3 is 20.9 Å². The molecule has 5 aromatic rings. The molecule has 1 aliphatic carbocycles. The van der Waals surface area contributed by atoms with Gasteiger partial charge in [-0.1, -0.05) is 12.1 Å². The van der Waals surface area contributed by atoms with E-state index in [0.29, 0.717) is 36.5 Å². The van der Waals surface area contributed by atoms with E-state index in [4.69, 9.17) is 10.5 Å². The Hall–Kier alpha value is -4.02. The van der Waals surface area contributed by atoms with Gasteiger partial charge in [-0.3, -0.25) is 4.68 Å². The maximum Gasteiger partial charge on any atom is 0.162 e. The molecule has 0 spiro atoms. The molecule has 4 N–H and O–H groups in total. The van der Waals surface area contributed by atoms with Crippen LogP contribution in [0.15, 0.2) is 67.3 Å². The lowest BCUT2D eigenvalue weighted by Gasteiger charge is -2.30. The molecular formula is C26H26FN7O2. The SMILES string of the molecule is NC1CCC(Oc2ccn3ncnc(Nc4ccc5c(cnn5Cc5cccc(F)c5)c4)c23)CC1O. The summed E-state index contributed by atoms with van der Waals surface area (Å²) < 4.78 is 23.4. The maximum atomic E-state index is 13.6. The molecule has 6 rings (SSSR count). The van der Waals surface area contributed by atoms with Crippen molar-refractivity contribution >= 4 is 27.9 Å². The molecule has 10 heteroatoms. The van der Waals surface area contributed by atoms with Crippen LogP contribution >= 0.6 is 0 Å². The van der Waals surface area contributed by atoms with Crippen LogP contribution in [-0.4, -0.2) is 47.7 Å². The monoisotopic (exact) mass is 487 g/mol. The van der Waals surface area contributed by atoms with Gasteiger partial charge in [0.25, 0.3) is 0 Å². The van der Waals surface area contributed by atoms with Gasteiger partial charge in [-0.15, -0.1) is 0 Å². The highest BCUT2D eigenvalue weighted by molar-refractivity contribution is 5.86. The van der Waals surface area contributed by atoms with E-state index in [2.05, 4.69) is 20.5 Å². The van der Waals surface area contributed by atoms with E-state index in [9.17, 15) is 9.50 Å². The Kier molecular flexibility index (Phi) is 5.74. The van der Waals surface area contributed by atoms with Crippen LogP contribution in [0.4, 0.5) is 15.9 Å². The zero-order valence-corrected chi connectivity index (χ0v) is 19.5. The zero-order chi connectivity index (χ0) is 24.6. The number of aliphatic hydroxyl groups excluding tert-OH is 1. The highest BCUT2D eigenvalue weighted by atomic mass is 19.1. The van der Waals surface area contributed by atoms with Gasteiger partial charge in [0.15, 0.2) is 11.6 Å². The molecule has 2 aromatic carbocycles. The highest BCUT2D eigenvalue weighted by Gasteiger charge is 2.28. The largest absolute Gasteiger partial charge is 0.488 e. The smallest absolute Gasteiger partial charge is 0.162 e. The lowest BCUT2D eigenvalue weighted by molar-refractivity contribution is 0.0399. The minimum Gasteiger partial charge on any atom is -0.488 e. The first-order valence-corrected chi connectivity index (χ1v) is 11.9. The highest BCUT2D eigenvalue weighted by Crippen LogP contribution is 2.32. The number of halogens is 1. The number of nitrogens with two attached hydrogens (primary N) is 1. The Morgan fingerprint density at radius 1 is 1.14 bits per heavy atom. The Labute approximate surface area is 206 Å². The number of nitrogens with one attached hydrogen (secondary N) is 1. The first kappa shape index (κ1) is 22.4. The van der Waals surface area contributed by atoms with Crippen molar-refractivity contribution in [2.24, 2.45) is 5.73 Å². The van der Waals surface area contributed by atoms with Crippen LogP contribution in [-0.2, 0) is 6.54 Å². The lowest BCUT2D eigenvalue weighted by Crippen LogP contribution is -2.43. The third-order valence-corrected chi connectivity index (χ3v) is 6.66. The molecule has 1 aliphatic rings. The van der Waals surface area contributed by atoms with Crippen molar-refractivity contribution in [1.82, 2.24) is 24.4 Å². The van der Waals surface area contributed by atoms with Gasteiger partial charge in [-0.2, -0.15) is 10.2 Å². The molecule has 3 heterocycles. The Morgan fingerprint density at radius 3 is 2.92 bits per heavy atom. The van der Waals surface area contributed by atoms with E-state index in [0.717, 1.165) is 28.6 Å². The van der Waals surface area contributed by atoms with Gasteiger partial charge in [0.1, 0.15) is 23.8 Å². The summed E-state index contributed by atoms with van der Waals surface area (Å²) in [7, 11) is 0. The average Bonchev–Trinajstić information content (AvgIpc) is 3.46. The number of aliphatic hydroxyl groups is 1. The Balaban J connectivity index is 1.25. The molecule has 3 unspecified atom stereocenters. The third kappa shape index (κ3) is 4.36. The zero-order valence-electron chi connectivity index (χ0n) is 19.5. The van der Waals surface area contributed by atoms with E-state index in [1.807, 2.05) is 41.2 Å². The molecule has 9 nitrogen and oxygen atoms in total. The van der Waals surface area contributed by atoms with Gasteiger partial charge in [-0.05, 0) is 48.7 Å². The Bertz CT molecular complexity index is 1530. The predicted octanol–water partition coefficient (Wildman–Crippen LogP) is 3.63. The van der Waals surface area contributed by atoms with Crippen LogP contribution in [0.2, 0.25) is 0 Å². The van der Waals surface area contributed by atoms with E-state index in [1.165, 1.54) is 18.5 Å². The van der Waals surface area contributed by atoms with Gasteiger partial charge in [0, 0.05) is 35.8 Å². The quantitative estimate of drug-likeness (QED) is 0.335. The molecule has 1 saturated carbocycles. The number of hydrogen-bond donors (Lipinski definition) is 3. The van der Waals surface area contributed by atoms with Crippen molar-refractivity contribution in [3.63, 3.8) is 0 Å². The molecule has 0 saturated heterocycles. The Morgan fingerprint density at radius 2 is 2.06 bits per heavy atom. The van der Waals surface area contributed by atoms with E-state index in [1.54, 1.807) is 16.8 Å². The summed E-state index contributed by atoms with van der Waals surface area (Å²) in [6, 6.07) is 14.1. The van der Waals surface area contributed by atoms with Crippen LogP contribution in [0.1, 0.15) is 24.8 Å². The second kappa shape index (κ2) is 9.21. The second-order valence-corrected chi connectivity index (χ2v) is 9.20. The number of aromatic nitrogens is 5. The summed E-state index contributed by atoms with van der Waals surface area (Å²) >= 11 is 0. The summed E-state index contributed by atoms with van der Waals surface area (Å²) in [5, 5.41) is 23.3. The fraction of sp³-hybridized carbons (Fsp3) is 0.269. The van der Waals surface area contributed by atoms with Gasteiger partial charge in [0.2, 0.25) is 0 Å². The van der Waals surface area contributed by atoms with Crippen molar-refractivity contribution in [3.05, 3.63) is 78.6 Å². The van der Waals surface area contributed by atoms with Crippen molar-refractivity contribution in [3.8, 4) is 5.75 Å². The first-order chi connectivity index (χ1) is 17.5. The number of fused-ring (bicyclic) bond motifs is 2.